The molecule has 2 aromatic rings. The molecule has 1 N–H and O–H groups in total. The van der Waals surface area contributed by atoms with E-state index in [9.17, 15) is 14.7 Å². The lowest BCUT2D eigenvalue weighted by Crippen LogP contribution is -2.41. The molecule has 4 rings (SSSR count). The Morgan fingerprint density at radius 3 is 2.54 bits per heavy atom. The topological polar surface area (TPSA) is 85.2 Å². The van der Waals surface area contributed by atoms with Crippen LogP contribution in [0.4, 0.5) is 0 Å². The van der Waals surface area contributed by atoms with Gasteiger partial charge in [-0.15, -0.1) is 0 Å². The fraction of sp³-hybridized carbons (Fsp3) is 0.414. The van der Waals surface area contributed by atoms with Gasteiger partial charge >= 0.3 is 5.97 Å². The quantitative estimate of drug-likeness (QED) is 0.295. The van der Waals surface area contributed by atoms with Gasteiger partial charge in [0, 0.05) is 34.5 Å². The molecule has 6 nitrogen and oxygen atoms in total. The lowest BCUT2D eigenvalue weighted by Gasteiger charge is -2.38. The van der Waals surface area contributed by atoms with Gasteiger partial charge in [0.05, 0.1) is 18.1 Å². The van der Waals surface area contributed by atoms with Crippen LogP contribution in [0.25, 0.3) is 0 Å². The number of rotatable bonds is 9. The predicted octanol–water partition coefficient (Wildman–Crippen LogP) is 6.32. The number of carbonyl (C=O) groups is 2. The zero-order valence-electron chi connectivity index (χ0n) is 21.3. The number of benzene rings is 2. The van der Waals surface area contributed by atoms with Crippen LogP contribution in [0.5, 0.6) is 11.5 Å². The highest BCUT2D eigenvalue weighted by Gasteiger charge is 2.46. The second kappa shape index (κ2) is 12.2. The molecule has 0 bridgehead atoms. The number of ketones is 1. The van der Waals surface area contributed by atoms with E-state index in [1.165, 1.54) is 0 Å². The largest absolute Gasteiger partial charge is 0.504 e. The molecule has 1 unspecified atom stereocenters. The monoisotopic (exact) mass is 541 g/mol. The van der Waals surface area contributed by atoms with Crippen molar-refractivity contribution in [2.45, 2.75) is 45.4 Å². The zero-order chi connectivity index (χ0) is 26.5. The number of fused-ring (bicyclic) bond motifs is 1. The third-order valence-corrected chi connectivity index (χ3v) is 7.94. The van der Waals surface area contributed by atoms with E-state index in [4.69, 9.17) is 26.1 Å². The number of phenolic OH excluding ortho intramolecular Hbond substituents is 1. The van der Waals surface area contributed by atoms with Gasteiger partial charge in [0.1, 0.15) is 12.4 Å². The summed E-state index contributed by atoms with van der Waals surface area (Å²) in [7, 11) is 0. The maximum atomic E-state index is 13.7. The molecule has 37 heavy (non-hydrogen) atoms. The van der Waals surface area contributed by atoms with Crippen molar-refractivity contribution < 1.29 is 24.2 Å². The molecule has 8 heteroatoms. The number of ether oxygens (including phenoxy) is 2. The minimum atomic E-state index is -0.584. The van der Waals surface area contributed by atoms with E-state index in [2.05, 4.69) is 6.92 Å². The lowest BCUT2D eigenvalue weighted by molar-refractivity contribution is -0.139. The second-order valence-corrected chi connectivity index (χ2v) is 11.0. The molecule has 0 radical (unpaired) electrons. The molecule has 1 aliphatic carbocycles. The summed E-state index contributed by atoms with van der Waals surface area (Å²) in [4.78, 5) is 31.9. The summed E-state index contributed by atoms with van der Waals surface area (Å²) < 4.78 is 11.3. The van der Waals surface area contributed by atoms with Gasteiger partial charge in [0.15, 0.2) is 11.5 Å². The zero-order valence-corrected chi connectivity index (χ0v) is 22.9. The summed E-state index contributed by atoms with van der Waals surface area (Å²) in [6.07, 6.45) is 0.949. The molecule has 1 saturated carbocycles. The lowest BCUT2D eigenvalue weighted by atomic mass is 9.66. The molecular weight excluding hydrogens is 510 g/mol. The highest BCUT2D eigenvalue weighted by molar-refractivity contribution is 7.99. The van der Waals surface area contributed by atoms with Crippen molar-refractivity contribution in [1.82, 2.24) is 0 Å². The van der Waals surface area contributed by atoms with Crippen molar-refractivity contribution in [2.75, 3.05) is 24.7 Å². The first kappa shape index (κ1) is 27.3. The van der Waals surface area contributed by atoms with Crippen LogP contribution in [0.3, 0.4) is 0 Å². The van der Waals surface area contributed by atoms with Crippen molar-refractivity contribution in [3.8, 4) is 11.5 Å². The first-order valence-corrected chi connectivity index (χ1v) is 14.1. The van der Waals surface area contributed by atoms with Gasteiger partial charge in [0.25, 0.3) is 0 Å². The van der Waals surface area contributed by atoms with Crippen LogP contribution in [-0.2, 0) is 14.3 Å². The van der Waals surface area contributed by atoms with E-state index < -0.39 is 17.8 Å². The number of aromatic hydroxyl groups is 1. The minimum Gasteiger partial charge on any atom is -0.504 e. The van der Waals surface area contributed by atoms with Crippen LogP contribution >= 0.6 is 23.4 Å². The predicted molar refractivity (Wildman–Crippen MR) is 148 cm³/mol. The maximum absolute atomic E-state index is 13.7. The summed E-state index contributed by atoms with van der Waals surface area (Å²) in [5, 5.41) is 10.9. The van der Waals surface area contributed by atoms with Crippen LogP contribution < -0.4 is 4.74 Å². The number of allylic oxidation sites excluding steroid dienone is 1. The van der Waals surface area contributed by atoms with E-state index in [1.54, 1.807) is 36.9 Å². The van der Waals surface area contributed by atoms with Crippen molar-refractivity contribution in [3.05, 3.63) is 69.9 Å². The Bertz CT molecular complexity index is 1220. The van der Waals surface area contributed by atoms with Gasteiger partial charge < -0.3 is 14.6 Å². The van der Waals surface area contributed by atoms with E-state index in [1.807, 2.05) is 31.2 Å². The SMILES string of the molecule is CCOc1cc([C@@H]2C(C(=O)OCCSCC)=C(C)N=C3C[C@@H](c4ccc(Cl)cc4)CC(=O)C32)ccc1O. The third kappa shape index (κ3) is 6.04. The standard InChI is InChI=1S/C29H32ClNO5S/c1-4-35-25-16-19(8-11-23(25)32)27-26(29(34)36-12-13-37-5-2)17(3)31-22-14-20(15-24(33)28(22)27)18-6-9-21(30)10-7-18/h6-11,16,20,27-28,32H,4-5,12-15H2,1-3H3/t20-,27-,28?/m1/s1. The Labute approximate surface area is 227 Å². The first-order chi connectivity index (χ1) is 17.8. The number of aliphatic imine (C=N–C) groups is 1. The summed E-state index contributed by atoms with van der Waals surface area (Å²) in [5.41, 5.74) is 3.47. The molecule has 0 spiro atoms. The maximum Gasteiger partial charge on any atom is 0.336 e. The van der Waals surface area contributed by atoms with Crippen LogP contribution in [-0.4, -0.2) is 47.3 Å². The summed E-state index contributed by atoms with van der Waals surface area (Å²) >= 11 is 7.77. The van der Waals surface area contributed by atoms with E-state index in [0.717, 1.165) is 17.0 Å². The van der Waals surface area contributed by atoms with Crippen molar-refractivity contribution in [2.24, 2.45) is 10.9 Å². The van der Waals surface area contributed by atoms with Crippen LogP contribution in [0.2, 0.25) is 5.02 Å². The van der Waals surface area contributed by atoms with Crippen LogP contribution in [0.15, 0.2) is 58.7 Å². The van der Waals surface area contributed by atoms with Crippen molar-refractivity contribution in [1.29, 1.82) is 0 Å². The fourth-order valence-corrected chi connectivity index (χ4v) is 5.80. The third-order valence-electron chi connectivity index (χ3n) is 6.82. The number of halogens is 1. The average molecular weight is 542 g/mol. The molecule has 196 valence electrons. The average Bonchev–Trinajstić information content (AvgIpc) is 2.87. The number of carbonyl (C=O) groups excluding carboxylic acids is 2. The molecular formula is C29H32ClNO5S. The molecule has 3 atom stereocenters. The molecule has 0 amide bonds. The fourth-order valence-electron chi connectivity index (χ4n) is 5.18. The number of esters is 1. The number of thioether (sulfide) groups is 1. The molecule has 1 heterocycles. The summed E-state index contributed by atoms with van der Waals surface area (Å²) in [5.74, 6) is 0.371. The molecule has 0 aromatic heterocycles. The number of nitrogens with zero attached hydrogens (tertiary/aromatic N) is 1. The van der Waals surface area contributed by atoms with E-state index in [-0.39, 0.29) is 24.1 Å². The number of hydrogen-bond donors (Lipinski definition) is 1. The van der Waals surface area contributed by atoms with Gasteiger partial charge in [0.2, 0.25) is 0 Å². The molecule has 2 aliphatic rings. The highest BCUT2D eigenvalue weighted by Crippen LogP contribution is 2.47. The minimum absolute atomic E-state index is 0.00779. The van der Waals surface area contributed by atoms with Gasteiger partial charge in [-0.05, 0) is 67.3 Å². The van der Waals surface area contributed by atoms with Gasteiger partial charge in [-0.2, -0.15) is 11.8 Å². The summed E-state index contributed by atoms with van der Waals surface area (Å²) in [6, 6.07) is 12.6. The van der Waals surface area contributed by atoms with Crippen LogP contribution in [0, 0.1) is 5.92 Å². The number of hydrogen-bond acceptors (Lipinski definition) is 7. The second-order valence-electron chi connectivity index (χ2n) is 9.17. The number of phenols is 1. The van der Waals surface area contributed by atoms with E-state index >= 15 is 0 Å². The smallest absolute Gasteiger partial charge is 0.336 e. The molecule has 1 fully saturated rings. The van der Waals surface area contributed by atoms with Gasteiger partial charge in [-0.25, -0.2) is 4.79 Å². The molecule has 1 aliphatic heterocycles. The first-order valence-electron chi connectivity index (χ1n) is 12.6. The Morgan fingerprint density at radius 1 is 1.11 bits per heavy atom. The van der Waals surface area contributed by atoms with Crippen molar-refractivity contribution >= 4 is 40.8 Å². The Hall–Kier alpha value is -2.77. The van der Waals surface area contributed by atoms with Crippen LogP contribution in [0.1, 0.15) is 56.6 Å². The normalized spacial score (nSPS) is 21.4. The highest BCUT2D eigenvalue weighted by atomic mass is 35.5. The molecule has 2 aromatic carbocycles. The Kier molecular flexibility index (Phi) is 8.98. The Morgan fingerprint density at radius 2 is 1.84 bits per heavy atom. The summed E-state index contributed by atoms with van der Waals surface area (Å²) in [6.45, 7) is 6.35. The van der Waals surface area contributed by atoms with Gasteiger partial charge in [-0.3, -0.25) is 9.79 Å². The molecule has 0 saturated heterocycles. The van der Waals surface area contributed by atoms with Gasteiger partial charge in [-0.1, -0.05) is 36.7 Å². The number of Topliss-reactive ketones (excluding diaryl/α,β-unsaturated/α-hetero) is 1. The van der Waals surface area contributed by atoms with E-state index in [0.29, 0.717) is 52.8 Å². The Balaban J connectivity index is 1.74. The van der Waals surface area contributed by atoms with Crippen molar-refractivity contribution in [3.63, 3.8) is 0 Å².